The second-order valence-corrected chi connectivity index (χ2v) is 11.7. The molecule has 1 nitrogen and oxygen atoms in total. The highest BCUT2D eigenvalue weighted by Gasteiger charge is 2.38. The van der Waals surface area contributed by atoms with Gasteiger partial charge in [0.25, 0.3) is 0 Å². The third kappa shape index (κ3) is 1.63. The molecule has 92 valence electrons. The number of benzene rings is 2. The second-order valence-electron chi connectivity index (χ2n) is 6.30. The van der Waals surface area contributed by atoms with E-state index in [1.54, 1.807) is 0 Å². The van der Waals surface area contributed by atoms with Crippen molar-refractivity contribution in [1.29, 1.82) is 0 Å². The zero-order valence-electron chi connectivity index (χ0n) is 11.2. The number of hydrogen-bond donors (Lipinski definition) is 0. The number of fused-ring (bicyclic) bond motifs is 3. The summed E-state index contributed by atoms with van der Waals surface area (Å²) in [4.78, 5) is 12.4. The molecule has 0 radical (unpaired) electrons. The first kappa shape index (κ1) is 11.7. The van der Waals surface area contributed by atoms with Crippen LogP contribution in [0.1, 0.15) is 27.9 Å². The molecule has 0 fully saturated rings. The summed E-state index contributed by atoms with van der Waals surface area (Å²) in [5, 5.41) is 2.32. The molecule has 0 N–H and O–H groups in total. The zero-order chi connectivity index (χ0) is 12.9. The second kappa shape index (κ2) is 3.79. The van der Waals surface area contributed by atoms with Crippen molar-refractivity contribution in [3.8, 4) is 0 Å². The molecule has 1 aliphatic rings. The highest BCUT2D eigenvalue weighted by molar-refractivity contribution is 6.78. The maximum absolute atomic E-state index is 12.4. The van der Waals surface area contributed by atoms with Crippen LogP contribution in [0.3, 0.4) is 0 Å². The van der Waals surface area contributed by atoms with Gasteiger partial charge in [-0.3, -0.25) is 4.79 Å². The average molecular weight is 254 g/mol. The lowest BCUT2D eigenvalue weighted by atomic mass is 10.0. The van der Waals surface area contributed by atoms with Crippen molar-refractivity contribution < 1.29 is 4.79 Å². The van der Waals surface area contributed by atoms with Gasteiger partial charge in [0.2, 0.25) is 0 Å². The smallest absolute Gasteiger partial charge is 0.164 e. The Hall–Kier alpha value is -1.41. The van der Waals surface area contributed by atoms with Gasteiger partial charge in [-0.1, -0.05) is 56.0 Å². The molecule has 0 aromatic heterocycles. The average Bonchev–Trinajstić information content (AvgIpc) is 2.67. The van der Waals surface area contributed by atoms with E-state index in [0.717, 1.165) is 17.4 Å². The fourth-order valence-electron chi connectivity index (χ4n) is 3.06. The van der Waals surface area contributed by atoms with Crippen molar-refractivity contribution in [3.63, 3.8) is 0 Å². The van der Waals surface area contributed by atoms with Crippen LogP contribution in [-0.2, 0) is 0 Å². The fourth-order valence-corrected chi connectivity index (χ4v) is 5.03. The third-order valence-corrected chi connectivity index (χ3v) is 6.66. The number of hydrogen-bond acceptors (Lipinski definition) is 1. The quantitative estimate of drug-likeness (QED) is 0.690. The largest absolute Gasteiger partial charge is 0.294 e. The van der Waals surface area contributed by atoms with E-state index in [2.05, 4.69) is 43.9 Å². The number of rotatable bonds is 1. The molecule has 0 saturated carbocycles. The van der Waals surface area contributed by atoms with Gasteiger partial charge in [-0.15, -0.1) is 0 Å². The Labute approximate surface area is 109 Å². The van der Waals surface area contributed by atoms with Gasteiger partial charge in [-0.05, 0) is 21.9 Å². The van der Waals surface area contributed by atoms with Gasteiger partial charge in [0.15, 0.2) is 5.78 Å². The van der Waals surface area contributed by atoms with Crippen molar-refractivity contribution in [2.45, 2.75) is 31.6 Å². The predicted octanol–water partition coefficient (Wildman–Crippen LogP) is 4.39. The Bertz CT molecular complexity index is 637. The van der Waals surface area contributed by atoms with E-state index in [-0.39, 0.29) is 0 Å². The summed E-state index contributed by atoms with van der Waals surface area (Å²) in [7, 11) is -1.33. The summed E-state index contributed by atoms with van der Waals surface area (Å²) < 4.78 is 0. The van der Waals surface area contributed by atoms with Gasteiger partial charge in [0.1, 0.15) is 0 Å². The molecule has 0 bridgehead atoms. The summed E-state index contributed by atoms with van der Waals surface area (Å²) >= 11 is 0. The van der Waals surface area contributed by atoms with Crippen molar-refractivity contribution in [2.24, 2.45) is 0 Å². The molecule has 18 heavy (non-hydrogen) atoms. The molecular weight excluding hydrogens is 236 g/mol. The monoisotopic (exact) mass is 254 g/mol. The molecule has 0 aliphatic heterocycles. The molecule has 1 unspecified atom stereocenters. The van der Waals surface area contributed by atoms with Gasteiger partial charge in [-0.2, -0.15) is 0 Å². The molecule has 2 aromatic carbocycles. The van der Waals surface area contributed by atoms with Crippen LogP contribution in [0.4, 0.5) is 0 Å². The van der Waals surface area contributed by atoms with E-state index in [1.807, 2.05) is 12.1 Å². The van der Waals surface area contributed by atoms with Crippen LogP contribution in [0, 0.1) is 0 Å². The Balaban J connectivity index is 2.30. The number of ketones is 1. The highest BCUT2D eigenvalue weighted by atomic mass is 28.3. The number of Topliss-reactive ketones (excluding diaryl/α,β-unsaturated/α-hetero) is 1. The molecule has 1 atom stereocenters. The molecule has 1 aliphatic carbocycles. The standard InChI is InChI=1S/C16H18OSi/c1-18(2,3)15-10-14(17)16-12-7-5-4-6-11(12)8-9-13(15)16/h4-9,15H,10H2,1-3H3. The Morgan fingerprint density at radius 2 is 1.78 bits per heavy atom. The first-order valence-corrected chi connectivity index (χ1v) is 10.1. The van der Waals surface area contributed by atoms with Gasteiger partial charge in [0.05, 0.1) is 8.07 Å². The van der Waals surface area contributed by atoms with Gasteiger partial charge < -0.3 is 0 Å². The molecule has 0 saturated heterocycles. The molecule has 2 heteroatoms. The first-order valence-electron chi connectivity index (χ1n) is 6.53. The van der Waals surface area contributed by atoms with Crippen LogP contribution in [0.2, 0.25) is 19.6 Å². The van der Waals surface area contributed by atoms with Crippen molar-refractivity contribution in [2.75, 3.05) is 0 Å². The van der Waals surface area contributed by atoms with Gasteiger partial charge in [-0.25, -0.2) is 0 Å². The summed E-state index contributed by atoms with van der Waals surface area (Å²) in [6.45, 7) is 7.07. The predicted molar refractivity (Wildman–Crippen MR) is 79.0 cm³/mol. The third-order valence-electron chi connectivity index (χ3n) is 4.05. The van der Waals surface area contributed by atoms with Crippen LogP contribution in [-0.4, -0.2) is 13.9 Å². The molecule has 2 aromatic rings. The Morgan fingerprint density at radius 1 is 1.06 bits per heavy atom. The van der Waals surface area contributed by atoms with E-state index >= 15 is 0 Å². The van der Waals surface area contributed by atoms with E-state index < -0.39 is 8.07 Å². The minimum Gasteiger partial charge on any atom is -0.294 e. The summed E-state index contributed by atoms with van der Waals surface area (Å²) in [5.74, 6) is 0.342. The van der Waals surface area contributed by atoms with E-state index in [4.69, 9.17) is 0 Å². The first-order chi connectivity index (χ1) is 8.48. The van der Waals surface area contributed by atoms with Crippen LogP contribution in [0.5, 0.6) is 0 Å². The molecule has 0 amide bonds. The van der Waals surface area contributed by atoms with Crippen molar-refractivity contribution >= 4 is 24.6 Å². The topological polar surface area (TPSA) is 17.1 Å². The van der Waals surface area contributed by atoms with E-state index in [9.17, 15) is 4.79 Å². The Morgan fingerprint density at radius 3 is 2.50 bits per heavy atom. The molecule has 0 heterocycles. The molecule has 0 spiro atoms. The summed E-state index contributed by atoms with van der Waals surface area (Å²) in [5.41, 5.74) is 2.79. The lowest BCUT2D eigenvalue weighted by molar-refractivity contribution is 0.0994. The van der Waals surface area contributed by atoms with Gasteiger partial charge in [0, 0.05) is 12.0 Å². The maximum Gasteiger partial charge on any atom is 0.164 e. The zero-order valence-corrected chi connectivity index (χ0v) is 12.2. The highest BCUT2D eigenvalue weighted by Crippen LogP contribution is 2.42. The number of carbonyl (C=O) groups excluding carboxylic acids is 1. The lowest BCUT2D eigenvalue weighted by Gasteiger charge is -2.25. The summed E-state index contributed by atoms with van der Waals surface area (Å²) in [6, 6.07) is 12.6. The van der Waals surface area contributed by atoms with E-state index in [1.165, 1.54) is 10.9 Å². The number of carbonyl (C=O) groups is 1. The lowest BCUT2D eigenvalue weighted by Crippen LogP contribution is -2.29. The van der Waals surface area contributed by atoms with Crippen LogP contribution >= 0.6 is 0 Å². The van der Waals surface area contributed by atoms with Crippen molar-refractivity contribution in [3.05, 3.63) is 47.5 Å². The Kier molecular flexibility index (Phi) is 2.46. The maximum atomic E-state index is 12.4. The molecule has 3 rings (SSSR count). The van der Waals surface area contributed by atoms with Crippen LogP contribution in [0.15, 0.2) is 36.4 Å². The SMILES string of the molecule is C[Si](C)(C)C1CC(=O)c2c1ccc1ccccc21. The van der Waals surface area contributed by atoms with Crippen molar-refractivity contribution in [1.82, 2.24) is 0 Å². The normalized spacial score (nSPS) is 19.3. The van der Waals surface area contributed by atoms with Gasteiger partial charge >= 0.3 is 0 Å². The van der Waals surface area contributed by atoms with Crippen LogP contribution in [0.25, 0.3) is 10.8 Å². The van der Waals surface area contributed by atoms with Crippen LogP contribution < -0.4 is 0 Å². The molecular formula is C16H18OSi. The summed E-state index contributed by atoms with van der Waals surface area (Å²) in [6.07, 6.45) is 0.721. The minimum absolute atomic E-state index is 0.342. The minimum atomic E-state index is -1.33. The fraction of sp³-hybridized carbons (Fsp3) is 0.312. The van der Waals surface area contributed by atoms with E-state index in [0.29, 0.717) is 11.3 Å².